The van der Waals surface area contributed by atoms with Crippen LogP contribution in [0.5, 0.6) is 0 Å². The molecule has 1 saturated carbocycles. The van der Waals surface area contributed by atoms with E-state index in [1.165, 1.54) is 12.0 Å². The van der Waals surface area contributed by atoms with Crippen molar-refractivity contribution in [3.63, 3.8) is 0 Å². The number of hydrogen-bond donors (Lipinski definition) is 0. The summed E-state index contributed by atoms with van der Waals surface area (Å²) in [5, 5.41) is 0.828. The average Bonchev–Trinajstić information content (AvgIpc) is 2.32. The molecule has 2 unspecified atom stereocenters. The molecule has 0 bridgehead atoms. The molecule has 2 heteroatoms. The van der Waals surface area contributed by atoms with Crippen LogP contribution in [0.4, 0.5) is 0 Å². The Hall–Kier alpha value is -0.820. The van der Waals surface area contributed by atoms with Gasteiger partial charge in [0.15, 0.2) is 0 Å². The number of aryl methyl sites for hydroxylation is 1. The van der Waals surface area contributed by atoms with Crippen molar-refractivity contribution in [2.45, 2.75) is 53.4 Å². The lowest BCUT2D eigenvalue weighted by atomic mass is 9.66. The third-order valence-corrected chi connectivity index (χ3v) is 5.04. The number of benzene rings is 1. The van der Waals surface area contributed by atoms with E-state index in [1.807, 2.05) is 13.0 Å². The van der Waals surface area contributed by atoms with Gasteiger partial charge in [-0.1, -0.05) is 44.5 Å². The Morgan fingerprint density at radius 3 is 2.60 bits per heavy atom. The second-order valence-corrected chi connectivity index (χ2v) is 7.57. The summed E-state index contributed by atoms with van der Waals surface area (Å²) in [5.41, 5.74) is 2.32. The molecular weight excluding hydrogens is 268 g/mol. The Morgan fingerprint density at radius 1 is 1.30 bits per heavy atom. The first-order valence-electron chi connectivity index (χ1n) is 7.57. The van der Waals surface area contributed by atoms with Crippen molar-refractivity contribution in [2.24, 2.45) is 17.3 Å². The van der Waals surface area contributed by atoms with E-state index in [-0.39, 0.29) is 11.3 Å². The van der Waals surface area contributed by atoms with Gasteiger partial charge in [-0.05, 0) is 54.7 Å². The number of rotatable bonds is 3. The van der Waals surface area contributed by atoms with E-state index in [0.717, 1.165) is 29.8 Å². The molecular formula is C18H25ClO. The highest BCUT2D eigenvalue weighted by Crippen LogP contribution is 2.41. The Morgan fingerprint density at radius 2 is 2.00 bits per heavy atom. The topological polar surface area (TPSA) is 17.1 Å². The lowest BCUT2D eigenvalue weighted by molar-refractivity contribution is -0.129. The summed E-state index contributed by atoms with van der Waals surface area (Å²) >= 11 is 6.35. The van der Waals surface area contributed by atoms with Crippen LogP contribution in [0.3, 0.4) is 0 Å². The van der Waals surface area contributed by atoms with Crippen molar-refractivity contribution in [3.8, 4) is 0 Å². The Bertz CT molecular complexity index is 504. The van der Waals surface area contributed by atoms with E-state index in [1.54, 1.807) is 0 Å². The maximum absolute atomic E-state index is 12.3. The van der Waals surface area contributed by atoms with Gasteiger partial charge in [0.05, 0.1) is 0 Å². The average molecular weight is 293 g/mol. The summed E-state index contributed by atoms with van der Waals surface area (Å²) in [6.07, 6.45) is 3.81. The van der Waals surface area contributed by atoms with E-state index in [4.69, 9.17) is 11.6 Å². The van der Waals surface area contributed by atoms with E-state index in [2.05, 4.69) is 32.9 Å². The molecule has 0 spiro atoms. The molecule has 1 aliphatic carbocycles. The minimum Gasteiger partial charge on any atom is -0.299 e. The highest BCUT2D eigenvalue weighted by atomic mass is 35.5. The van der Waals surface area contributed by atoms with Gasteiger partial charge in [-0.3, -0.25) is 4.79 Å². The molecule has 2 atom stereocenters. The fourth-order valence-corrected chi connectivity index (χ4v) is 3.74. The normalized spacial score (nSPS) is 23.9. The molecule has 1 nitrogen and oxygen atoms in total. The number of carbonyl (C=O) groups is 1. The number of hydrogen-bond acceptors (Lipinski definition) is 1. The molecule has 2 rings (SSSR count). The molecule has 0 aliphatic heterocycles. The Labute approximate surface area is 127 Å². The molecule has 1 aliphatic rings. The van der Waals surface area contributed by atoms with Gasteiger partial charge < -0.3 is 0 Å². The van der Waals surface area contributed by atoms with Gasteiger partial charge in [-0.15, -0.1) is 0 Å². The zero-order valence-corrected chi connectivity index (χ0v) is 13.8. The number of Topliss-reactive ketones (excluding diaryl/α,β-unsaturated/α-hetero) is 1. The molecule has 110 valence electrons. The van der Waals surface area contributed by atoms with Crippen LogP contribution in [0.1, 0.15) is 51.2 Å². The van der Waals surface area contributed by atoms with Gasteiger partial charge in [0.1, 0.15) is 5.78 Å². The van der Waals surface area contributed by atoms with Crippen LogP contribution >= 0.6 is 11.6 Å². The van der Waals surface area contributed by atoms with Gasteiger partial charge in [-0.25, -0.2) is 0 Å². The minimum absolute atomic E-state index is 0.0177. The van der Waals surface area contributed by atoms with Crippen molar-refractivity contribution in [3.05, 3.63) is 34.3 Å². The van der Waals surface area contributed by atoms with Crippen LogP contribution < -0.4 is 0 Å². The highest BCUT2D eigenvalue weighted by Gasteiger charge is 2.38. The fourth-order valence-electron chi connectivity index (χ4n) is 3.44. The second-order valence-electron chi connectivity index (χ2n) is 7.17. The summed E-state index contributed by atoms with van der Waals surface area (Å²) in [4.78, 5) is 12.3. The maximum Gasteiger partial charge on any atom is 0.136 e. The fraction of sp³-hybridized carbons (Fsp3) is 0.611. The first-order valence-corrected chi connectivity index (χ1v) is 7.95. The van der Waals surface area contributed by atoms with Crippen LogP contribution in [0, 0.1) is 24.2 Å². The molecule has 0 aromatic heterocycles. The summed E-state index contributed by atoms with van der Waals surface area (Å²) < 4.78 is 0. The molecule has 0 amide bonds. The van der Waals surface area contributed by atoms with Crippen LogP contribution in [-0.4, -0.2) is 5.78 Å². The zero-order valence-electron chi connectivity index (χ0n) is 13.0. The number of ketones is 1. The van der Waals surface area contributed by atoms with Gasteiger partial charge in [0.25, 0.3) is 0 Å². The summed E-state index contributed by atoms with van der Waals surface area (Å²) in [5.74, 6) is 1.17. The number of halogens is 1. The lowest BCUT2D eigenvalue weighted by Gasteiger charge is -2.37. The van der Waals surface area contributed by atoms with E-state index >= 15 is 0 Å². The summed E-state index contributed by atoms with van der Waals surface area (Å²) in [6.45, 7) is 8.65. The molecule has 1 aromatic carbocycles. The molecule has 1 aromatic rings. The zero-order chi connectivity index (χ0) is 14.9. The smallest absolute Gasteiger partial charge is 0.136 e. The van der Waals surface area contributed by atoms with Crippen molar-refractivity contribution >= 4 is 17.4 Å². The van der Waals surface area contributed by atoms with Crippen LogP contribution in [-0.2, 0) is 11.2 Å². The standard InChI is InChI=1S/C18H25ClO/c1-12-5-7-14(16(19)9-12)11-18(3,4)15-8-6-13(2)10-17(15)20/h5,7,9,13,15H,6,8,10-11H2,1-4H3. The molecule has 0 saturated heterocycles. The van der Waals surface area contributed by atoms with Crippen LogP contribution in [0.15, 0.2) is 18.2 Å². The molecule has 0 N–H and O–H groups in total. The predicted octanol–water partition coefficient (Wildman–Crippen LogP) is 5.22. The van der Waals surface area contributed by atoms with Crippen LogP contribution in [0.2, 0.25) is 5.02 Å². The van der Waals surface area contributed by atoms with Crippen molar-refractivity contribution in [2.75, 3.05) is 0 Å². The third kappa shape index (κ3) is 3.44. The monoisotopic (exact) mass is 292 g/mol. The molecule has 0 radical (unpaired) electrons. The quantitative estimate of drug-likeness (QED) is 0.746. The van der Waals surface area contributed by atoms with E-state index < -0.39 is 0 Å². The second kappa shape index (κ2) is 5.89. The van der Waals surface area contributed by atoms with Gasteiger partial charge in [0.2, 0.25) is 0 Å². The Kier molecular flexibility index (Phi) is 4.59. The van der Waals surface area contributed by atoms with Gasteiger partial charge >= 0.3 is 0 Å². The molecule has 1 fully saturated rings. The van der Waals surface area contributed by atoms with E-state index in [0.29, 0.717) is 11.7 Å². The third-order valence-electron chi connectivity index (χ3n) is 4.68. The van der Waals surface area contributed by atoms with Crippen molar-refractivity contribution in [1.82, 2.24) is 0 Å². The number of carbonyl (C=O) groups excluding carboxylic acids is 1. The van der Waals surface area contributed by atoms with Crippen molar-refractivity contribution in [1.29, 1.82) is 0 Å². The van der Waals surface area contributed by atoms with E-state index in [9.17, 15) is 4.79 Å². The van der Waals surface area contributed by atoms with Gasteiger partial charge in [-0.2, -0.15) is 0 Å². The Balaban J connectivity index is 2.16. The molecule has 20 heavy (non-hydrogen) atoms. The first kappa shape index (κ1) is 15.6. The van der Waals surface area contributed by atoms with Gasteiger partial charge in [0, 0.05) is 17.4 Å². The highest BCUT2D eigenvalue weighted by molar-refractivity contribution is 6.31. The largest absolute Gasteiger partial charge is 0.299 e. The summed E-state index contributed by atoms with van der Waals surface area (Å²) in [6, 6.07) is 6.22. The van der Waals surface area contributed by atoms with Crippen LogP contribution in [0.25, 0.3) is 0 Å². The SMILES string of the molecule is Cc1ccc(CC(C)(C)C2CCC(C)CC2=O)c(Cl)c1. The minimum atomic E-state index is -0.0177. The molecule has 0 heterocycles. The first-order chi connectivity index (χ1) is 9.29. The summed E-state index contributed by atoms with van der Waals surface area (Å²) in [7, 11) is 0. The maximum atomic E-state index is 12.3. The lowest BCUT2D eigenvalue weighted by Crippen LogP contribution is -2.36. The predicted molar refractivity (Wildman–Crippen MR) is 85.2 cm³/mol. The van der Waals surface area contributed by atoms with Crippen molar-refractivity contribution < 1.29 is 4.79 Å².